The summed E-state index contributed by atoms with van der Waals surface area (Å²) in [6, 6.07) is 14.6. The molecule has 90 valence electrons. The van der Waals surface area contributed by atoms with E-state index in [1.807, 2.05) is 12.1 Å². The Morgan fingerprint density at radius 3 is 2.65 bits per heavy atom. The molecular formula is C15H19NO. The van der Waals surface area contributed by atoms with Crippen molar-refractivity contribution in [2.45, 2.75) is 25.9 Å². The van der Waals surface area contributed by atoms with Crippen LogP contribution in [0.3, 0.4) is 0 Å². The van der Waals surface area contributed by atoms with E-state index >= 15 is 0 Å². The minimum absolute atomic E-state index is 0.258. The number of anilines is 1. The number of nitrogens with one attached hydrogen (secondary N) is 1. The summed E-state index contributed by atoms with van der Waals surface area (Å²) in [5.41, 5.74) is 1.07. The first kappa shape index (κ1) is 11.9. The lowest BCUT2D eigenvalue weighted by molar-refractivity contribution is 0.176. The summed E-state index contributed by atoms with van der Waals surface area (Å²) >= 11 is 0. The molecule has 2 heteroatoms. The van der Waals surface area contributed by atoms with Crippen LogP contribution in [0.15, 0.2) is 42.5 Å². The molecule has 0 aliphatic heterocycles. The van der Waals surface area contributed by atoms with Crippen LogP contribution in [0.2, 0.25) is 0 Å². The maximum absolute atomic E-state index is 9.66. The Bertz CT molecular complexity index is 481. The summed E-state index contributed by atoms with van der Waals surface area (Å²) in [5, 5.41) is 15.4. The molecular weight excluding hydrogens is 210 g/mol. The van der Waals surface area contributed by atoms with Crippen LogP contribution in [-0.2, 0) is 0 Å². The van der Waals surface area contributed by atoms with Gasteiger partial charge in [0, 0.05) is 12.2 Å². The molecule has 0 aliphatic rings. The number of hydrogen-bond donors (Lipinski definition) is 2. The zero-order valence-electron chi connectivity index (χ0n) is 10.2. The van der Waals surface area contributed by atoms with E-state index in [1.54, 1.807) is 0 Å². The van der Waals surface area contributed by atoms with E-state index in [4.69, 9.17) is 0 Å². The fourth-order valence-corrected chi connectivity index (χ4v) is 1.97. The van der Waals surface area contributed by atoms with Crippen molar-refractivity contribution in [1.82, 2.24) is 0 Å². The fourth-order valence-electron chi connectivity index (χ4n) is 1.97. The molecule has 2 N–H and O–H groups in total. The van der Waals surface area contributed by atoms with Crippen LogP contribution in [0.4, 0.5) is 5.69 Å². The first-order chi connectivity index (χ1) is 8.29. The van der Waals surface area contributed by atoms with Gasteiger partial charge in [0.25, 0.3) is 0 Å². The van der Waals surface area contributed by atoms with Gasteiger partial charge in [-0.05, 0) is 29.3 Å². The lowest BCUT2D eigenvalue weighted by Gasteiger charge is -2.12. The van der Waals surface area contributed by atoms with E-state index in [9.17, 15) is 5.11 Å². The average molecular weight is 229 g/mol. The molecule has 2 aromatic carbocycles. The van der Waals surface area contributed by atoms with Crippen LogP contribution in [-0.4, -0.2) is 17.8 Å². The number of benzene rings is 2. The van der Waals surface area contributed by atoms with Crippen LogP contribution in [0, 0.1) is 0 Å². The van der Waals surface area contributed by atoms with Gasteiger partial charge in [-0.15, -0.1) is 0 Å². The van der Waals surface area contributed by atoms with Gasteiger partial charge >= 0.3 is 0 Å². The lowest BCUT2D eigenvalue weighted by Crippen LogP contribution is -2.18. The molecule has 2 nitrogen and oxygen atoms in total. The molecule has 0 saturated carbocycles. The summed E-state index contributed by atoms with van der Waals surface area (Å²) in [4.78, 5) is 0. The predicted molar refractivity (Wildman–Crippen MR) is 73.4 cm³/mol. The third kappa shape index (κ3) is 3.21. The van der Waals surface area contributed by atoms with Crippen molar-refractivity contribution >= 4 is 16.5 Å². The molecule has 0 aromatic heterocycles. The summed E-state index contributed by atoms with van der Waals surface area (Å²) in [5.74, 6) is 0. The van der Waals surface area contributed by atoms with Crippen LogP contribution >= 0.6 is 0 Å². The zero-order chi connectivity index (χ0) is 12.1. The number of hydrogen-bond acceptors (Lipinski definition) is 2. The number of fused-ring (bicyclic) bond motifs is 1. The zero-order valence-corrected chi connectivity index (χ0v) is 10.2. The average Bonchev–Trinajstić information content (AvgIpc) is 2.36. The monoisotopic (exact) mass is 229 g/mol. The SMILES string of the molecule is CCCC(O)CNc1ccc2ccccc2c1. The predicted octanol–water partition coefficient (Wildman–Crippen LogP) is 3.41. The maximum Gasteiger partial charge on any atom is 0.0712 e. The highest BCUT2D eigenvalue weighted by Crippen LogP contribution is 2.18. The molecule has 1 atom stereocenters. The van der Waals surface area contributed by atoms with Gasteiger partial charge in [-0.25, -0.2) is 0 Å². The van der Waals surface area contributed by atoms with E-state index in [2.05, 4.69) is 42.6 Å². The topological polar surface area (TPSA) is 32.3 Å². The van der Waals surface area contributed by atoms with Gasteiger partial charge in [0.1, 0.15) is 0 Å². The molecule has 2 aromatic rings. The van der Waals surface area contributed by atoms with E-state index in [1.165, 1.54) is 10.8 Å². The van der Waals surface area contributed by atoms with Crippen LogP contribution in [0.25, 0.3) is 10.8 Å². The molecule has 0 saturated heterocycles. The molecule has 0 spiro atoms. The molecule has 0 radical (unpaired) electrons. The molecule has 1 unspecified atom stereocenters. The number of rotatable bonds is 5. The summed E-state index contributed by atoms with van der Waals surface area (Å²) in [6.45, 7) is 2.70. The van der Waals surface area contributed by atoms with Crippen molar-refractivity contribution in [2.75, 3.05) is 11.9 Å². The minimum atomic E-state index is -0.258. The molecule has 0 aliphatic carbocycles. The number of aliphatic hydroxyl groups is 1. The highest BCUT2D eigenvalue weighted by atomic mass is 16.3. The Morgan fingerprint density at radius 2 is 1.88 bits per heavy atom. The Kier molecular flexibility index (Phi) is 3.99. The molecule has 0 amide bonds. The Hall–Kier alpha value is -1.54. The second-order valence-corrected chi connectivity index (χ2v) is 4.39. The third-order valence-electron chi connectivity index (χ3n) is 2.91. The van der Waals surface area contributed by atoms with E-state index in [-0.39, 0.29) is 6.10 Å². The number of aliphatic hydroxyl groups excluding tert-OH is 1. The standard InChI is InChI=1S/C15H19NO/c1-2-5-15(17)11-16-14-9-8-12-6-3-4-7-13(12)10-14/h3-4,6-10,15-17H,2,5,11H2,1H3. The fraction of sp³-hybridized carbons (Fsp3) is 0.333. The second kappa shape index (κ2) is 5.69. The van der Waals surface area contributed by atoms with E-state index < -0.39 is 0 Å². The highest BCUT2D eigenvalue weighted by Gasteiger charge is 2.02. The summed E-state index contributed by atoms with van der Waals surface area (Å²) in [7, 11) is 0. The smallest absolute Gasteiger partial charge is 0.0712 e. The Labute approximate surface area is 102 Å². The van der Waals surface area contributed by atoms with Gasteiger partial charge < -0.3 is 10.4 Å². The van der Waals surface area contributed by atoms with Crippen LogP contribution in [0.1, 0.15) is 19.8 Å². The normalized spacial score (nSPS) is 12.6. The first-order valence-corrected chi connectivity index (χ1v) is 6.20. The lowest BCUT2D eigenvalue weighted by atomic mass is 10.1. The second-order valence-electron chi connectivity index (χ2n) is 4.39. The van der Waals surface area contributed by atoms with Crippen molar-refractivity contribution < 1.29 is 5.11 Å². The molecule has 17 heavy (non-hydrogen) atoms. The molecule has 0 fully saturated rings. The van der Waals surface area contributed by atoms with Gasteiger partial charge in [-0.3, -0.25) is 0 Å². The van der Waals surface area contributed by atoms with Crippen molar-refractivity contribution in [2.24, 2.45) is 0 Å². The Balaban J connectivity index is 2.04. The summed E-state index contributed by atoms with van der Waals surface area (Å²) < 4.78 is 0. The van der Waals surface area contributed by atoms with Gasteiger partial charge in [-0.1, -0.05) is 43.7 Å². The van der Waals surface area contributed by atoms with E-state index in [0.29, 0.717) is 6.54 Å². The maximum atomic E-state index is 9.66. The van der Waals surface area contributed by atoms with E-state index in [0.717, 1.165) is 18.5 Å². The molecule has 0 heterocycles. The van der Waals surface area contributed by atoms with Gasteiger partial charge in [0.15, 0.2) is 0 Å². The first-order valence-electron chi connectivity index (χ1n) is 6.20. The van der Waals surface area contributed by atoms with Gasteiger partial charge in [-0.2, -0.15) is 0 Å². The molecule has 2 rings (SSSR count). The van der Waals surface area contributed by atoms with Crippen molar-refractivity contribution in [3.63, 3.8) is 0 Å². The van der Waals surface area contributed by atoms with Crippen molar-refractivity contribution in [3.05, 3.63) is 42.5 Å². The van der Waals surface area contributed by atoms with Gasteiger partial charge in [0.05, 0.1) is 6.10 Å². The summed E-state index contributed by atoms with van der Waals surface area (Å²) in [6.07, 6.45) is 1.60. The molecule has 0 bridgehead atoms. The third-order valence-corrected chi connectivity index (χ3v) is 2.91. The van der Waals surface area contributed by atoms with Crippen LogP contribution in [0.5, 0.6) is 0 Å². The van der Waals surface area contributed by atoms with Crippen molar-refractivity contribution in [1.29, 1.82) is 0 Å². The van der Waals surface area contributed by atoms with Crippen molar-refractivity contribution in [3.8, 4) is 0 Å². The largest absolute Gasteiger partial charge is 0.391 e. The quantitative estimate of drug-likeness (QED) is 0.823. The Morgan fingerprint density at radius 1 is 1.12 bits per heavy atom. The minimum Gasteiger partial charge on any atom is -0.391 e. The highest BCUT2D eigenvalue weighted by molar-refractivity contribution is 5.85. The van der Waals surface area contributed by atoms with Crippen LogP contribution < -0.4 is 5.32 Å². The van der Waals surface area contributed by atoms with Gasteiger partial charge in [0.2, 0.25) is 0 Å².